The number of imide groups is 1. The molecule has 30 heavy (non-hydrogen) atoms. The van der Waals surface area contributed by atoms with Crippen LogP contribution in [0.15, 0.2) is 77.7 Å². The molecule has 2 aliphatic heterocycles. The van der Waals surface area contributed by atoms with Gasteiger partial charge in [-0.1, -0.05) is 59.3 Å². The summed E-state index contributed by atoms with van der Waals surface area (Å²) >= 11 is 1.41. The van der Waals surface area contributed by atoms with Crippen LogP contribution in [0.25, 0.3) is 0 Å². The third-order valence-electron chi connectivity index (χ3n) is 5.69. The van der Waals surface area contributed by atoms with Gasteiger partial charge in [0.05, 0.1) is 11.4 Å². The van der Waals surface area contributed by atoms with Gasteiger partial charge in [-0.2, -0.15) is 0 Å². The lowest BCUT2D eigenvalue weighted by Gasteiger charge is -2.37. The number of aryl methyl sites for hydroxylation is 2. The van der Waals surface area contributed by atoms with E-state index in [4.69, 9.17) is 0 Å². The van der Waals surface area contributed by atoms with Crippen molar-refractivity contribution in [3.05, 3.63) is 83.9 Å². The number of rotatable bonds is 2. The lowest BCUT2D eigenvalue weighted by atomic mass is 10.2. The summed E-state index contributed by atoms with van der Waals surface area (Å²) in [5, 5.41) is 0. The molecule has 0 aliphatic carbocycles. The fourth-order valence-electron chi connectivity index (χ4n) is 4.05. The predicted molar refractivity (Wildman–Crippen MR) is 121 cm³/mol. The maximum atomic E-state index is 14.0. The molecule has 5 nitrogen and oxygen atoms in total. The molecule has 1 saturated heterocycles. The number of thioether (sulfide) groups is 1. The minimum atomic E-state index is -1.21. The van der Waals surface area contributed by atoms with Crippen LogP contribution in [0.4, 0.5) is 21.9 Å². The van der Waals surface area contributed by atoms with Crippen LogP contribution >= 0.6 is 11.8 Å². The standard InChI is InChI=1S/C24H21N3O2S/c1-16-8-12-18(13-9-16)26-22(28)24(25(3)20-6-4-5-7-21(20)30-24)27(23(26)29)19-14-10-17(2)11-15-19/h4-15H,1-3H3. The number of carbonyl (C=O) groups excluding carboxylic acids is 2. The lowest BCUT2D eigenvalue weighted by molar-refractivity contribution is -0.118. The highest BCUT2D eigenvalue weighted by Gasteiger charge is 2.65. The van der Waals surface area contributed by atoms with Crippen LogP contribution < -0.4 is 14.7 Å². The summed E-state index contributed by atoms with van der Waals surface area (Å²) in [6.07, 6.45) is 0. The van der Waals surface area contributed by atoms with Crippen LogP contribution in [-0.4, -0.2) is 24.0 Å². The zero-order valence-electron chi connectivity index (χ0n) is 17.0. The monoisotopic (exact) mass is 415 g/mol. The van der Waals surface area contributed by atoms with Gasteiger partial charge in [0, 0.05) is 17.6 Å². The van der Waals surface area contributed by atoms with Gasteiger partial charge in [0.25, 0.3) is 10.9 Å². The number of anilines is 3. The number of urea groups is 1. The molecule has 6 heteroatoms. The van der Waals surface area contributed by atoms with Crippen molar-refractivity contribution < 1.29 is 9.59 Å². The molecule has 0 aromatic heterocycles. The van der Waals surface area contributed by atoms with E-state index in [9.17, 15) is 9.59 Å². The Hall–Kier alpha value is -3.25. The van der Waals surface area contributed by atoms with Gasteiger partial charge >= 0.3 is 6.03 Å². The van der Waals surface area contributed by atoms with Gasteiger partial charge < -0.3 is 4.90 Å². The number of nitrogens with zero attached hydrogens (tertiary/aromatic N) is 3. The Morgan fingerprint density at radius 2 is 1.33 bits per heavy atom. The minimum Gasteiger partial charge on any atom is -0.334 e. The molecule has 2 aliphatic rings. The van der Waals surface area contributed by atoms with E-state index in [0.717, 1.165) is 21.7 Å². The number of benzene rings is 3. The molecule has 3 aromatic carbocycles. The summed E-state index contributed by atoms with van der Waals surface area (Å²) in [6.45, 7) is 3.98. The first-order valence-electron chi connectivity index (χ1n) is 9.77. The van der Waals surface area contributed by atoms with Crippen LogP contribution in [0.2, 0.25) is 0 Å². The molecular weight excluding hydrogens is 394 g/mol. The zero-order valence-corrected chi connectivity index (χ0v) is 17.8. The average Bonchev–Trinajstić information content (AvgIpc) is 3.16. The molecule has 1 fully saturated rings. The molecular formula is C24H21N3O2S. The third kappa shape index (κ3) is 2.50. The van der Waals surface area contributed by atoms with E-state index in [0.29, 0.717) is 11.4 Å². The number of carbonyl (C=O) groups is 2. The average molecular weight is 416 g/mol. The van der Waals surface area contributed by atoms with Crippen LogP contribution in [0.3, 0.4) is 0 Å². The van der Waals surface area contributed by atoms with Crippen molar-refractivity contribution in [2.75, 3.05) is 21.7 Å². The fraction of sp³-hybridized carbons (Fsp3) is 0.167. The van der Waals surface area contributed by atoms with E-state index < -0.39 is 4.99 Å². The van der Waals surface area contributed by atoms with Crippen LogP contribution in [0.5, 0.6) is 0 Å². The van der Waals surface area contributed by atoms with Gasteiger partial charge in [0.2, 0.25) is 0 Å². The topological polar surface area (TPSA) is 43.9 Å². The Labute approximate surface area is 179 Å². The molecule has 1 unspecified atom stereocenters. The Balaban J connectivity index is 1.70. The molecule has 0 radical (unpaired) electrons. The Bertz CT molecular complexity index is 1160. The first kappa shape index (κ1) is 18.8. The van der Waals surface area contributed by atoms with Gasteiger partial charge in [-0.25, -0.2) is 9.69 Å². The summed E-state index contributed by atoms with van der Waals surface area (Å²) in [7, 11) is 1.88. The second-order valence-corrected chi connectivity index (χ2v) is 8.88. The molecule has 0 N–H and O–H groups in total. The summed E-state index contributed by atoms with van der Waals surface area (Å²) in [4.78, 5) is 32.3. The highest BCUT2D eigenvalue weighted by molar-refractivity contribution is 8.02. The number of para-hydroxylation sites is 1. The molecule has 2 heterocycles. The van der Waals surface area contributed by atoms with Crippen molar-refractivity contribution in [1.82, 2.24) is 0 Å². The number of hydrogen-bond acceptors (Lipinski definition) is 4. The number of hydrogen-bond donors (Lipinski definition) is 0. The van der Waals surface area contributed by atoms with Crippen molar-refractivity contribution >= 4 is 40.8 Å². The molecule has 0 bridgehead atoms. The number of fused-ring (bicyclic) bond motifs is 1. The lowest BCUT2D eigenvalue weighted by Crippen LogP contribution is -2.57. The molecule has 3 amide bonds. The van der Waals surface area contributed by atoms with Gasteiger partial charge in [-0.15, -0.1) is 0 Å². The van der Waals surface area contributed by atoms with Gasteiger partial charge in [-0.3, -0.25) is 9.69 Å². The smallest absolute Gasteiger partial charge is 0.334 e. The van der Waals surface area contributed by atoms with Crippen LogP contribution in [-0.2, 0) is 4.79 Å². The Kier molecular flexibility index (Phi) is 4.15. The second kappa shape index (κ2) is 6.64. The summed E-state index contributed by atoms with van der Waals surface area (Å²) < 4.78 is 0. The van der Waals surface area contributed by atoms with Crippen molar-refractivity contribution in [3.63, 3.8) is 0 Å². The van der Waals surface area contributed by atoms with E-state index >= 15 is 0 Å². The normalized spacial score (nSPS) is 20.4. The van der Waals surface area contributed by atoms with E-state index in [-0.39, 0.29) is 11.9 Å². The summed E-state index contributed by atoms with van der Waals surface area (Å²) in [5.74, 6) is -0.263. The maximum absolute atomic E-state index is 14.0. The van der Waals surface area contributed by atoms with Gasteiger partial charge in [0.15, 0.2) is 0 Å². The molecule has 1 atom stereocenters. The largest absolute Gasteiger partial charge is 0.339 e. The maximum Gasteiger partial charge on any atom is 0.339 e. The Morgan fingerprint density at radius 3 is 1.93 bits per heavy atom. The zero-order chi connectivity index (χ0) is 21.0. The van der Waals surface area contributed by atoms with Crippen LogP contribution in [0, 0.1) is 13.8 Å². The second-order valence-electron chi connectivity index (χ2n) is 7.67. The van der Waals surface area contributed by atoms with Gasteiger partial charge in [-0.05, 0) is 50.2 Å². The number of likely N-dealkylation sites (N-methyl/N-ethyl adjacent to an activating group) is 1. The fourth-order valence-corrected chi connectivity index (χ4v) is 5.50. The third-order valence-corrected chi connectivity index (χ3v) is 7.17. The Morgan fingerprint density at radius 1 is 0.767 bits per heavy atom. The van der Waals surface area contributed by atoms with E-state index in [1.165, 1.54) is 16.7 Å². The molecule has 3 aromatic rings. The van der Waals surface area contributed by atoms with Crippen molar-refractivity contribution in [1.29, 1.82) is 0 Å². The minimum absolute atomic E-state index is 0.263. The molecule has 5 rings (SSSR count). The highest BCUT2D eigenvalue weighted by atomic mass is 32.2. The molecule has 1 spiro atoms. The quantitative estimate of drug-likeness (QED) is 0.542. The molecule has 0 saturated carbocycles. The summed E-state index contributed by atoms with van der Waals surface area (Å²) in [6, 6.07) is 22.7. The van der Waals surface area contributed by atoms with Crippen LogP contribution in [0.1, 0.15) is 11.1 Å². The van der Waals surface area contributed by atoms with E-state index in [2.05, 4.69) is 0 Å². The van der Waals surface area contributed by atoms with Crippen molar-refractivity contribution in [2.45, 2.75) is 23.7 Å². The van der Waals surface area contributed by atoms with Crippen molar-refractivity contribution in [2.24, 2.45) is 0 Å². The molecule has 150 valence electrons. The highest BCUT2D eigenvalue weighted by Crippen LogP contribution is 2.55. The predicted octanol–water partition coefficient (Wildman–Crippen LogP) is 5.17. The summed E-state index contributed by atoms with van der Waals surface area (Å²) in [5.41, 5.74) is 4.38. The van der Waals surface area contributed by atoms with E-state index in [1.54, 1.807) is 4.90 Å². The van der Waals surface area contributed by atoms with E-state index in [1.807, 2.05) is 98.6 Å². The van der Waals surface area contributed by atoms with Gasteiger partial charge in [0.1, 0.15) is 0 Å². The number of amides is 3. The first-order valence-corrected chi connectivity index (χ1v) is 10.6. The van der Waals surface area contributed by atoms with Crippen molar-refractivity contribution in [3.8, 4) is 0 Å². The first-order chi connectivity index (χ1) is 14.4. The SMILES string of the molecule is Cc1ccc(N2C(=O)N(c3ccc(C)cc3)C3(Sc4ccccc4N3C)C2=O)cc1.